The number of hydrogen-bond donors (Lipinski definition) is 1. The van der Waals surface area contributed by atoms with Crippen molar-refractivity contribution < 1.29 is 14.6 Å². The van der Waals surface area contributed by atoms with Gasteiger partial charge in [0, 0.05) is 13.6 Å². The molecule has 0 heterocycles. The summed E-state index contributed by atoms with van der Waals surface area (Å²) in [5.74, 6) is 1.60. The van der Waals surface area contributed by atoms with Crippen LogP contribution in [0.5, 0.6) is 5.75 Å². The van der Waals surface area contributed by atoms with Crippen molar-refractivity contribution in [3.8, 4) is 5.75 Å². The maximum absolute atomic E-state index is 12.5. The van der Waals surface area contributed by atoms with Gasteiger partial charge in [-0.25, -0.2) is 0 Å². The second-order valence-corrected chi connectivity index (χ2v) is 6.34. The van der Waals surface area contributed by atoms with Gasteiger partial charge in [-0.2, -0.15) is 0 Å². The number of aliphatic hydroxyl groups is 1. The molecule has 2 aliphatic rings. The van der Waals surface area contributed by atoms with Crippen molar-refractivity contribution in [2.24, 2.45) is 11.8 Å². The second-order valence-electron chi connectivity index (χ2n) is 6.34. The van der Waals surface area contributed by atoms with E-state index in [2.05, 4.69) is 0 Å². The Morgan fingerprint density at radius 3 is 2.71 bits per heavy atom. The van der Waals surface area contributed by atoms with Gasteiger partial charge >= 0.3 is 0 Å². The lowest BCUT2D eigenvalue weighted by molar-refractivity contribution is 0.0641. The van der Waals surface area contributed by atoms with Crippen molar-refractivity contribution in [3.05, 3.63) is 29.8 Å². The summed E-state index contributed by atoms with van der Waals surface area (Å²) >= 11 is 0. The van der Waals surface area contributed by atoms with Gasteiger partial charge in [0.05, 0.1) is 18.3 Å². The molecule has 0 bridgehead atoms. The number of hydrogen-bond acceptors (Lipinski definition) is 3. The van der Waals surface area contributed by atoms with Gasteiger partial charge in [-0.1, -0.05) is 12.1 Å². The lowest BCUT2D eigenvalue weighted by Crippen LogP contribution is -2.35. The summed E-state index contributed by atoms with van der Waals surface area (Å²) < 4.78 is 5.79. The first kappa shape index (κ1) is 14.4. The summed E-state index contributed by atoms with van der Waals surface area (Å²) in [4.78, 5) is 14.1. The summed E-state index contributed by atoms with van der Waals surface area (Å²) in [6.07, 6.45) is 4.19. The standard InChI is InChI=1S/C17H23NO3/c1-18(10-15(19)13-8-9-13)17(20)14-4-2-3-5-16(14)21-11-12-6-7-12/h2-5,12-13,15,19H,6-11H2,1H3. The van der Waals surface area contributed by atoms with Crippen molar-refractivity contribution >= 4 is 5.91 Å². The highest BCUT2D eigenvalue weighted by Gasteiger charge is 2.31. The molecule has 1 amide bonds. The number of benzene rings is 1. The van der Waals surface area contributed by atoms with E-state index in [9.17, 15) is 9.90 Å². The Hall–Kier alpha value is -1.55. The number of rotatable bonds is 7. The summed E-state index contributed by atoms with van der Waals surface area (Å²) in [5, 5.41) is 9.98. The average molecular weight is 289 g/mol. The van der Waals surface area contributed by atoms with Crippen molar-refractivity contribution in [3.63, 3.8) is 0 Å². The van der Waals surface area contributed by atoms with E-state index in [1.165, 1.54) is 12.8 Å². The zero-order chi connectivity index (χ0) is 14.8. The molecular weight excluding hydrogens is 266 g/mol. The summed E-state index contributed by atoms with van der Waals surface area (Å²) in [6, 6.07) is 7.38. The number of carbonyl (C=O) groups is 1. The van der Waals surface area contributed by atoms with Crippen molar-refractivity contribution in [2.75, 3.05) is 20.2 Å². The zero-order valence-electron chi connectivity index (χ0n) is 12.5. The summed E-state index contributed by atoms with van der Waals surface area (Å²) in [5.41, 5.74) is 0.587. The average Bonchev–Trinajstić information content (AvgIpc) is 3.38. The van der Waals surface area contributed by atoms with E-state index >= 15 is 0 Å². The first-order valence-electron chi connectivity index (χ1n) is 7.80. The second kappa shape index (κ2) is 6.06. The molecule has 1 unspecified atom stereocenters. The van der Waals surface area contributed by atoms with E-state index < -0.39 is 6.10 Å². The molecule has 114 valence electrons. The van der Waals surface area contributed by atoms with Crippen LogP contribution in [0.3, 0.4) is 0 Å². The predicted octanol–water partition coefficient (Wildman–Crippen LogP) is 2.32. The Bertz CT molecular complexity index is 509. The SMILES string of the molecule is CN(CC(O)C1CC1)C(=O)c1ccccc1OCC1CC1. The van der Waals surface area contributed by atoms with Crippen LogP contribution in [0.1, 0.15) is 36.0 Å². The lowest BCUT2D eigenvalue weighted by Gasteiger charge is -2.22. The van der Waals surface area contributed by atoms with Gasteiger partial charge in [0.1, 0.15) is 5.75 Å². The third kappa shape index (κ3) is 3.76. The molecule has 0 spiro atoms. The molecule has 2 fully saturated rings. The van der Waals surface area contributed by atoms with E-state index in [0.717, 1.165) is 12.8 Å². The fourth-order valence-corrected chi connectivity index (χ4v) is 2.46. The third-order valence-corrected chi connectivity index (χ3v) is 4.26. The summed E-state index contributed by atoms with van der Waals surface area (Å²) in [7, 11) is 1.74. The quantitative estimate of drug-likeness (QED) is 0.838. The van der Waals surface area contributed by atoms with Gasteiger partial charge in [-0.05, 0) is 49.7 Å². The Morgan fingerprint density at radius 2 is 2.05 bits per heavy atom. The largest absolute Gasteiger partial charge is 0.492 e. The predicted molar refractivity (Wildman–Crippen MR) is 80.4 cm³/mol. The number of ether oxygens (including phenoxy) is 1. The number of aliphatic hydroxyl groups excluding tert-OH is 1. The van der Waals surface area contributed by atoms with Crippen molar-refractivity contribution in [1.82, 2.24) is 4.90 Å². The Labute approximate surface area is 125 Å². The van der Waals surface area contributed by atoms with E-state index in [1.807, 2.05) is 18.2 Å². The minimum atomic E-state index is -0.404. The monoisotopic (exact) mass is 289 g/mol. The number of carbonyl (C=O) groups excluding carboxylic acids is 1. The minimum Gasteiger partial charge on any atom is -0.492 e. The van der Waals surface area contributed by atoms with Crippen LogP contribution in [0.2, 0.25) is 0 Å². The molecule has 1 N–H and O–H groups in total. The molecule has 0 radical (unpaired) electrons. The van der Waals surface area contributed by atoms with E-state index in [4.69, 9.17) is 4.74 Å². The smallest absolute Gasteiger partial charge is 0.257 e. The fraction of sp³-hybridized carbons (Fsp3) is 0.588. The molecule has 0 saturated heterocycles. The molecular formula is C17H23NO3. The molecule has 2 saturated carbocycles. The molecule has 0 aromatic heterocycles. The van der Waals surface area contributed by atoms with Crippen LogP contribution < -0.4 is 4.74 Å². The molecule has 2 aliphatic carbocycles. The molecule has 1 aromatic rings. The minimum absolute atomic E-state index is 0.0823. The topological polar surface area (TPSA) is 49.8 Å². The van der Waals surface area contributed by atoms with Crippen LogP contribution >= 0.6 is 0 Å². The zero-order valence-corrected chi connectivity index (χ0v) is 12.5. The normalized spacial score (nSPS) is 19.1. The van der Waals surface area contributed by atoms with Gasteiger partial charge in [0.2, 0.25) is 0 Å². The van der Waals surface area contributed by atoms with Gasteiger partial charge in [0.15, 0.2) is 0 Å². The first-order chi connectivity index (χ1) is 10.1. The lowest BCUT2D eigenvalue weighted by atomic mass is 10.1. The van der Waals surface area contributed by atoms with Gasteiger partial charge in [-0.3, -0.25) is 4.79 Å². The maximum Gasteiger partial charge on any atom is 0.257 e. The number of nitrogens with zero attached hydrogens (tertiary/aromatic N) is 1. The van der Waals surface area contributed by atoms with Crippen LogP contribution in [0.15, 0.2) is 24.3 Å². The fourth-order valence-electron chi connectivity index (χ4n) is 2.46. The number of para-hydroxylation sites is 1. The van der Waals surface area contributed by atoms with Crippen LogP contribution in [-0.4, -0.2) is 42.2 Å². The van der Waals surface area contributed by atoms with E-state index in [-0.39, 0.29) is 5.91 Å². The highest BCUT2D eigenvalue weighted by atomic mass is 16.5. The van der Waals surface area contributed by atoms with Crippen LogP contribution in [0.4, 0.5) is 0 Å². The van der Waals surface area contributed by atoms with E-state index in [1.54, 1.807) is 18.0 Å². The maximum atomic E-state index is 12.5. The van der Waals surface area contributed by atoms with Crippen molar-refractivity contribution in [2.45, 2.75) is 31.8 Å². The van der Waals surface area contributed by atoms with Crippen molar-refractivity contribution in [1.29, 1.82) is 0 Å². The molecule has 3 rings (SSSR count). The van der Waals surface area contributed by atoms with Gasteiger partial charge < -0.3 is 14.7 Å². The van der Waals surface area contributed by atoms with E-state index in [0.29, 0.717) is 36.3 Å². The highest BCUT2D eigenvalue weighted by molar-refractivity contribution is 5.96. The molecule has 21 heavy (non-hydrogen) atoms. The van der Waals surface area contributed by atoms with Crippen LogP contribution in [0.25, 0.3) is 0 Å². The summed E-state index contributed by atoms with van der Waals surface area (Å²) in [6.45, 7) is 1.08. The van der Waals surface area contributed by atoms with Gasteiger partial charge in [0.25, 0.3) is 5.91 Å². The number of amides is 1. The Balaban J connectivity index is 1.64. The molecule has 1 atom stereocenters. The first-order valence-corrected chi connectivity index (χ1v) is 7.80. The Kier molecular flexibility index (Phi) is 4.15. The molecule has 4 heteroatoms. The van der Waals surface area contributed by atoms with Crippen LogP contribution in [-0.2, 0) is 0 Å². The Morgan fingerprint density at radius 1 is 1.33 bits per heavy atom. The molecule has 4 nitrogen and oxygen atoms in total. The van der Waals surface area contributed by atoms with Crippen LogP contribution in [0, 0.1) is 11.8 Å². The molecule has 0 aliphatic heterocycles. The van der Waals surface area contributed by atoms with Gasteiger partial charge in [-0.15, -0.1) is 0 Å². The third-order valence-electron chi connectivity index (χ3n) is 4.26. The number of likely N-dealkylation sites (N-methyl/N-ethyl adjacent to an activating group) is 1. The highest BCUT2D eigenvalue weighted by Crippen LogP contribution is 2.33. The molecule has 1 aromatic carbocycles.